The van der Waals surface area contributed by atoms with Crippen molar-refractivity contribution in [2.45, 2.75) is 37.4 Å². The van der Waals surface area contributed by atoms with Gasteiger partial charge in [0.15, 0.2) is 5.16 Å². The predicted octanol–water partition coefficient (Wildman–Crippen LogP) is 6.82. The maximum atomic E-state index is 14.9. The second-order valence-electron chi connectivity index (χ2n) is 10.6. The van der Waals surface area contributed by atoms with Gasteiger partial charge in [0.25, 0.3) is 0 Å². The topological polar surface area (TPSA) is 102 Å². The average molecular weight is 622 g/mol. The molecule has 1 heterocycles. The van der Waals surface area contributed by atoms with Crippen LogP contribution in [0, 0.1) is 0 Å². The fourth-order valence-corrected chi connectivity index (χ4v) is 6.42. The quantitative estimate of drug-likeness (QED) is 0.0875. The molecule has 230 valence electrons. The van der Waals surface area contributed by atoms with Gasteiger partial charge in [-0.3, -0.25) is 9.59 Å². The lowest BCUT2D eigenvalue weighted by Crippen LogP contribution is -2.47. The molecular formula is C36H35N3O5S. The van der Waals surface area contributed by atoms with E-state index >= 15 is 0 Å². The molecule has 8 nitrogen and oxygen atoms in total. The highest BCUT2D eigenvalue weighted by Gasteiger charge is 2.41. The number of para-hydroxylation sites is 3. The van der Waals surface area contributed by atoms with Crippen LogP contribution in [0.3, 0.4) is 0 Å². The molecule has 45 heavy (non-hydrogen) atoms. The number of aliphatic carboxylic acids is 1. The van der Waals surface area contributed by atoms with E-state index in [0.29, 0.717) is 35.1 Å². The molecule has 0 radical (unpaired) electrons. The first-order valence-corrected chi connectivity index (χ1v) is 15.8. The Morgan fingerprint density at radius 3 is 2.11 bits per heavy atom. The Morgan fingerprint density at radius 2 is 1.47 bits per heavy atom. The van der Waals surface area contributed by atoms with Crippen molar-refractivity contribution >= 4 is 46.3 Å². The average Bonchev–Trinajstić information content (AvgIpc) is 3.41. The summed E-state index contributed by atoms with van der Waals surface area (Å²) in [6, 6.07) is 33.8. The van der Waals surface area contributed by atoms with Crippen molar-refractivity contribution in [2.75, 3.05) is 23.8 Å². The third kappa shape index (κ3) is 6.78. The van der Waals surface area contributed by atoms with Gasteiger partial charge >= 0.3 is 11.9 Å². The first kappa shape index (κ1) is 31.5. The van der Waals surface area contributed by atoms with E-state index < -0.39 is 17.4 Å². The van der Waals surface area contributed by atoms with Gasteiger partial charge in [-0.15, -0.1) is 0 Å². The molecule has 0 saturated carbocycles. The number of imidazole rings is 1. The number of carboxylic acid groups (broad SMARTS) is 1. The van der Waals surface area contributed by atoms with Crippen molar-refractivity contribution in [2.24, 2.45) is 0 Å². The number of fused-ring (bicyclic) bond motifs is 1. The summed E-state index contributed by atoms with van der Waals surface area (Å²) in [4.78, 5) is 46.0. The Kier molecular flexibility index (Phi) is 9.99. The molecule has 4 aromatic carbocycles. The minimum Gasteiger partial charge on any atom is -0.480 e. The summed E-state index contributed by atoms with van der Waals surface area (Å²) in [7, 11) is 0. The van der Waals surface area contributed by atoms with Crippen LogP contribution in [0.15, 0.2) is 114 Å². The molecule has 0 aliphatic rings. The number of carbonyl (C=O) groups excluding carboxylic acids is 2. The minimum absolute atomic E-state index is 0.181. The molecule has 9 heteroatoms. The number of carbonyl (C=O) groups is 3. The summed E-state index contributed by atoms with van der Waals surface area (Å²) in [5.41, 5.74) is 2.86. The van der Waals surface area contributed by atoms with Crippen LogP contribution in [-0.2, 0) is 26.3 Å². The number of hydrogen-bond donors (Lipinski definition) is 1. The number of hydrogen-bond acceptors (Lipinski definition) is 6. The largest absolute Gasteiger partial charge is 0.480 e. The summed E-state index contributed by atoms with van der Waals surface area (Å²) >= 11 is 1.44. The summed E-state index contributed by atoms with van der Waals surface area (Å²) in [6.07, 6.45) is 0.545. The molecule has 5 rings (SSSR count). The molecule has 0 aliphatic heterocycles. The van der Waals surface area contributed by atoms with E-state index in [1.807, 2.05) is 97.9 Å². The standard InChI is InChI=1S/C36H35N3O5S/c1-3-44-33(42)28-19-10-12-21-30(28)38(34(43)36(2,26-15-6-4-7-16-26)27-17-8-5-9-18-27)23-14-24-45-35-37-29-20-11-13-22-31(29)39(35)25-32(40)41/h4-13,15-22H,3,14,23-25H2,1-2H3,(H,40,41). The summed E-state index contributed by atoms with van der Waals surface area (Å²) in [5.74, 6) is -1.07. The van der Waals surface area contributed by atoms with Crippen LogP contribution in [0.25, 0.3) is 11.0 Å². The molecule has 5 aromatic rings. The lowest BCUT2D eigenvalue weighted by molar-refractivity contribution is -0.137. The van der Waals surface area contributed by atoms with E-state index in [2.05, 4.69) is 4.98 Å². The maximum Gasteiger partial charge on any atom is 0.340 e. The number of benzene rings is 4. The first-order chi connectivity index (χ1) is 21.8. The number of carboxylic acids is 1. The van der Waals surface area contributed by atoms with E-state index in [0.717, 1.165) is 22.2 Å². The minimum atomic E-state index is -1.06. The van der Waals surface area contributed by atoms with E-state index in [1.165, 1.54) is 11.8 Å². The van der Waals surface area contributed by atoms with Gasteiger partial charge in [0, 0.05) is 12.3 Å². The molecule has 0 saturated heterocycles. The Bertz CT molecular complexity index is 1750. The van der Waals surface area contributed by atoms with Gasteiger partial charge in [0.1, 0.15) is 6.54 Å². The molecule has 0 unspecified atom stereocenters. The van der Waals surface area contributed by atoms with Gasteiger partial charge in [0.05, 0.1) is 34.3 Å². The lowest BCUT2D eigenvalue weighted by Gasteiger charge is -2.36. The molecule has 0 spiro atoms. The van der Waals surface area contributed by atoms with Crippen molar-refractivity contribution in [1.82, 2.24) is 9.55 Å². The zero-order chi connectivity index (χ0) is 31.8. The second kappa shape index (κ2) is 14.3. The number of thioether (sulfide) groups is 1. The lowest BCUT2D eigenvalue weighted by atomic mass is 9.75. The number of anilines is 1. The zero-order valence-corrected chi connectivity index (χ0v) is 26.1. The third-order valence-electron chi connectivity index (χ3n) is 7.74. The number of ether oxygens (including phenoxy) is 1. The molecule has 1 amide bonds. The number of amides is 1. The van der Waals surface area contributed by atoms with Crippen LogP contribution in [0.5, 0.6) is 0 Å². The number of rotatable bonds is 13. The monoisotopic (exact) mass is 621 g/mol. The number of aromatic nitrogens is 2. The summed E-state index contributed by atoms with van der Waals surface area (Å²) in [5, 5.41) is 10.1. The highest BCUT2D eigenvalue weighted by molar-refractivity contribution is 7.99. The fourth-order valence-electron chi connectivity index (χ4n) is 5.49. The van der Waals surface area contributed by atoms with Gasteiger partial charge in [0.2, 0.25) is 5.91 Å². The third-order valence-corrected chi connectivity index (χ3v) is 8.80. The van der Waals surface area contributed by atoms with Crippen LogP contribution < -0.4 is 4.90 Å². The first-order valence-electron chi connectivity index (χ1n) is 14.8. The molecule has 0 fully saturated rings. The summed E-state index contributed by atoms with van der Waals surface area (Å²) < 4.78 is 7.07. The van der Waals surface area contributed by atoms with Crippen LogP contribution in [-0.4, -0.2) is 51.4 Å². The molecule has 0 atom stereocenters. The Balaban J connectivity index is 1.50. The molecule has 1 N–H and O–H groups in total. The van der Waals surface area contributed by atoms with E-state index in [1.54, 1.807) is 34.6 Å². The van der Waals surface area contributed by atoms with E-state index in [9.17, 15) is 19.5 Å². The Hall–Kier alpha value is -4.89. The second-order valence-corrected chi connectivity index (χ2v) is 11.7. The van der Waals surface area contributed by atoms with Gasteiger partial charge in [-0.1, -0.05) is 96.7 Å². The highest BCUT2D eigenvalue weighted by atomic mass is 32.2. The van der Waals surface area contributed by atoms with Gasteiger partial charge < -0.3 is 19.3 Å². The highest BCUT2D eigenvalue weighted by Crippen LogP contribution is 2.37. The van der Waals surface area contributed by atoms with Crippen molar-refractivity contribution < 1.29 is 24.2 Å². The maximum absolute atomic E-state index is 14.9. The Morgan fingerprint density at radius 1 is 0.867 bits per heavy atom. The fraction of sp³-hybridized carbons (Fsp3) is 0.222. The van der Waals surface area contributed by atoms with Crippen LogP contribution in [0.2, 0.25) is 0 Å². The Labute approximate surface area is 266 Å². The van der Waals surface area contributed by atoms with Gasteiger partial charge in [-0.2, -0.15) is 0 Å². The predicted molar refractivity (Wildman–Crippen MR) is 177 cm³/mol. The summed E-state index contributed by atoms with van der Waals surface area (Å²) in [6.45, 7) is 3.98. The normalized spacial score (nSPS) is 11.3. The molecule has 0 aliphatic carbocycles. The van der Waals surface area contributed by atoms with Crippen LogP contribution in [0.4, 0.5) is 5.69 Å². The number of esters is 1. The zero-order valence-electron chi connectivity index (χ0n) is 25.3. The SMILES string of the molecule is CCOC(=O)c1ccccc1N(CCCSc1nc2ccccc2n1CC(=O)O)C(=O)C(C)(c1ccccc1)c1ccccc1. The van der Waals surface area contributed by atoms with Crippen molar-refractivity contribution in [3.8, 4) is 0 Å². The van der Waals surface area contributed by atoms with Gasteiger partial charge in [-0.05, 0) is 55.7 Å². The molecule has 0 bridgehead atoms. The van der Waals surface area contributed by atoms with Crippen LogP contribution >= 0.6 is 11.8 Å². The van der Waals surface area contributed by atoms with Crippen molar-refractivity contribution in [1.29, 1.82) is 0 Å². The van der Waals surface area contributed by atoms with E-state index in [-0.39, 0.29) is 19.1 Å². The molecule has 1 aromatic heterocycles. The smallest absolute Gasteiger partial charge is 0.340 e. The number of nitrogens with zero attached hydrogens (tertiary/aromatic N) is 3. The molecular weight excluding hydrogens is 586 g/mol. The van der Waals surface area contributed by atoms with E-state index in [4.69, 9.17) is 4.74 Å². The van der Waals surface area contributed by atoms with Crippen molar-refractivity contribution in [3.63, 3.8) is 0 Å². The van der Waals surface area contributed by atoms with Crippen LogP contribution in [0.1, 0.15) is 41.8 Å². The van der Waals surface area contributed by atoms with Crippen molar-refractivity contribution in [3.05, 3.63) is 126 Å². The van der Waals surface area contributed by atoms with Gasteiger partial charge in [-0.25, -0.2) is 9.78 Å².